The van der Waals surface area contributed by atoms with Crippen LogP contribution in [0.3, 0.4) is 0 Å². The Bertz CT molecular complexity index is 750. The molecular weight excluding hydrogens is 321 g/mol. The van der Waals surface area contributed by atoms with Crippen molar-refractivity contribution in [1.82, 2.24) is 9.78 Å². The molecule has 1 aliphatic heterocycles. The Morgan fingerprint density at radius 3 is 2.74 bits per heavy atom. The first kappa shape index (κ1) is 15.8. The molecule has 3 rings (SSSR count). The molecule has 0 fully saturated rings. The molecule has 1 aromatic carbocycles. The van der Waals surface area contributed by atoms with Gasteiger partial charge >= 0.3 is 0 Å². The van der Waals surface area contributed by atoms with Crippen LogP contribution >= 0.6 is 11.6 Å². The van der Waals surface area contributed by atoms with Crippen molar-refractivity contribution >= 4 is 17.5 Å². The van der Waals surface area contributed by atoms with E-state index in [4.69, 9.17) is 21.2 Å². The van der Waals surface area contributed by atoms with Crippen LogP contribution < -0.4 is 0 Å². The Morgan fingerprint density at radius 2 is 2.09 bits per heavy atom. The standard InChI is InChI=1S/C16H17ClFN3O2/c1-10-9-21(16(2,3)15-20-23-8-7-22-15)19-14(10)13-11(17)5-4-6-12(13)18/h4-6,9H,7-8H2,1-3H3. The molecule has 2 heterocycles. The Morgan fingerprint density at radius 1 is 1.30 bits per heavy atom. The molecule has 0 unspecified atom stereocenters. The molecular formula is C16H17ClFN3O2. The fourth-order valence-electron chi connectivity index (χ4n) is 2.41. The second-order valence-electron chi connectivity index (χ2n) is 5.84. The van der Waals surface area contributed by atoms with Gasteiger partial charge in [0.2, 0.25) is 0 Å². The molecule has 0 spiro atoms. The van der Waals surface area contributed by atoms with Crippen LogP contribution in [0.4, 0.5) is 4.39 Å². The van der Waals surface area contributed by atoms with Gasteiger partial charge in [0.1, 0.15) is 18.0 Å². The van der Waals surface area contributed by atoms with Gasteiger partial charge < -0.3 is 9.57 Å². The topological polar surface area (TPSA) is 48.6 Å². The number of hydrogen-bond acceptors (Lipinski definition) is 4. The van der Waals surface area contributed by atoms with Gasteiger partial charge in [0.25, 0.3) is 5.90 Å². The van der Waals surface area contributed by atoms with Crippen LogP contribution in [0.2, 0.25) is 5.02 Å². The molecule has 0 aliphatic carbocycles. The number of aromatic nitrogens is 2. The minimum absolute atomic E-state index is 0.295. The summed E-state index contributed by atoms with van der Waals surface area (Å²) in [6.45, 7) is 6.53. The van der Waals surface area contributed by atoms with Crippen LogP contribution in [0, 0.1) is 12.7 Å². The summed E-state index contributed by atoms with van der Waals surface area (Å²) in [6.07, 6.45) is 1.82. The van der Waals surface area contributed by atoms with Crippen LogP contribution in [0.25, 0.3) is 11.3 Å². The highest BCUT2D eigenvalue weighted by molar-refractivity contribution is 6.33. The first-order chi connectivity index (χ1) is 10.9. The zero-order valence-corrected chi connectivity index (χ0v) is 13.9. The van der Waals surface area contributed by atoms with Crippen LogP contribution in [-0.2, 0) is 15.1 Å². The lowest BCUT2D eigenvalue weighted by molar-refractivity contribution is 0.0511. The smallest absolute Gasteiger partial charge is 0.253 e. The summed E-state index contributed by atoms with van der Waals surface area (Å²) >= 11 is 6.15. The average molecular weight is 338 g/mol. The van der Waals surface area contributed by atoms with Gasteiger partial charge in [-0.2, -0.15) is 5.10 Å². The molecule has 0 amide bonds. The number of rotatable bonds is 3. The summed E-state index contributed by atoms with van der Waals surface area (Å²) < 4.78 is 21.4. The van der Waals surface area contributed by atoms with Gasteiger partial charge in [0, 0.05) is 6.20 Å². The molecule has 0 N–H and O–H groups in total. The number of benzene rings is 1. The van der Waals surface area contributed by atoms with Crippen molar-refractivity contribution in [2.75, 3.05) is 13.2 Å². The Hall–Kier alpha value is -2.08. The van der Waals surface area contributed by atoms with Gasteiger partial charge in [-0.15, -0.1) is 0 Å². The molecule has 5 nitrogen and oxygen atoms in total. The molecule has 122 valence electrons. The summed E-state index contributed by atoms with van der Waals surface area (Å²) in [7, 11) is 0. The fourth-order valence-corrected chi connectivity index (χ4v) is 2.66. The molecule has 0 bridgehead atoms. The van der Waals surface area contributed by atoms with Crippen LogP contribution in [0.5, 0.6) is 0 Å². The van der Waals surface area contributed by atoms with Crippen LogP contribution in [0.15, 0.2) is 29.6 Å². The molecule has 0 saturated heterocycles. The molecule has 1 aliphatic rings. The third-order valence-electron chi connectivity index (χ3n) is 3.75. The van der Waals surface area contributed by atoms with E-state index in [2.05, 4.69) is 10.3 Å². The predicted molar refractivity (Wildman–Crippen MR) is 86.0 cm³/mol. The Labute approximate surface area is 138 Å². The van der Waals surface area contributed by atoms with Crippen LogP contribution in [0.1, 0.15) is 19.4 Å². The minimum atomic E-state index is -0.666. The largest absolute Gasteiger partial charge is 0.473 e. The van der Waals surface area contributed by atoms with Gasteiger partial charge in [-0.3, -0.25) is 4.68 Å². The maximum absolute atomic E-state index is 14.2. The lowest BCUT2D eigenvalue weighted by atomic mass is 10.1. The van der Waals surface area contributed by atoms with E-state index >= 15 is 0 Å². The van der Waals surface area contributed by atoms with E-state index in [1.54, 1.807) is 16.8 Å². The number of hydrogen-bond donors (Lipinski definition) is 0. The maximum Gasteiger partial charge on any atom is 0.253 e. The van der Waals surface area contributed by atoms with Crippen molar-refractivity contribution in [3.8, 4) is 11.3 Å². The highest BCUT2D eigenvalue weighted by Crippen LogP contribution is 2.33. The van der Waals surface area contributed by atoms with Crippen molar-refractivity contribution in [2.45, 2.75) is 26.3 Å². The first-order valence-corrected chi connectivity index (χ1v) is 7.63. The van der Waals surface area contributed by atoms with Gasteiger partial charge in [0.15, 0.2) is 6.61 Å². The zero-order valence-electron chi connectivity index (χ0n) is 13.1. The molecule has 1 aromatic heterocycles. The van der Waals surface area contributed by atoms with Gasteiger partial charge in [-0.1, -0.05) is 17.7 Å². The second kappa shape index (κ2) is 5.85. The number of halogens is 2. The summed E-state index contributed by atoms with van der Waals surface area (Å²) in [5.74, 6) is 0.0238. The number of aryl methyl sites for hydroxylation is 1. The SMILES string of the molecule is Cc1cn(C(C)(C)C2=NOCCO2)nc1-c1c(F)cccc1Cl. The third kappa shape index (κ3) is 2.79. The number of nitrogens with zero attached hydrogens (tertiary/aromatic N) is 3. The summed E-state index contributed by atoms with van der Waals surface area (Å²) in [4.78, 5) is 5.09. The fraction of sp³-hybridized carbons (Fsp3) is 0.375. The summed E-state index contributed by atoms with van der Waals surface area (Å²) in [5, 5.41) is 8.81. The van der Waals surface area contributed by atoms with Crippen molar-refractivity contribution in [3.05, 3.63) is 40.8 Å². The van der Waals surface area contributed by atoms with Crippen molar-refractivity contribution in [3.63, 3.8) is 0 Å². The molecule has 0 atom stereocenters. The van der Waals surface area contributed by atoms with Crippen LogP contribution in [-0.4, -0.2) is 28.9 Å². The van der Waals surface area contributed by atoms with Crippen molar-refractivity contribution in [2.24, 2.45) is 5.16 Å². The van der Waals surface area contributed by atoms with E-state index in [0.717, 1.165) is 5.56 Å². The van der Waals surface area contributed by atoms with E-state index < -0.39 is 11.4 Å². The van der Waals surface area contributed by atoms with E-state index in [1.807, 2.05) is 27.0 Å². The predicted octanol–water partition coefficient (Wildman–Crippen LogP) is 3.75. The van der Waals surface area contributed by atoms with Gasteiger partial charge in [-0.05, 0) is 43.6 Å². The Kier molecular flexibility index (Phi) is 4.02. The lowest BCUT2D eigenvalue weighted by Gasteiger charge is -2.28. The highest BCUT2D eigenvalue weighted by Gasteiger charge is 2.33. The van der Waals surface area contributed by atoms with Crippen molar-refractivity contribution < 1.29 is 14.0 Å². The summed E-state index contributed by atoms with van der Waals surface area (Å²) in [6, 6.07) is 4.58. The quantitative estimate of drug-likeness (QED) is 0.857. The molecule has 23 heavy (non-hydrogen) atoms. The monoisotopic (exact) mass is 337 g/mol. The molecule has 0 radical (unpaired) electrons. The van der Waals surface area contributed by atoms with E-state index in [0.29, 0.717) is 35.4 Å². The Balaban J connectivity index is 2.06. The minimum Gasteiger partial charge on any atom is -0.473 e. The van der Waals surface area contributed by atoms with Crippen molar-refractivity contribution in [1.29, 1.82) is 0 Å². The first-order valence-electron chi connectivity index (χ1n) is 7.25. The van der Waals surface area contributed by atoms with Gasteiger partial charge in [-0.25, -0.2) is 4.39 Å². The van der Waals surface area contributed by atoms with E-state index in [9.17, 15) is 4.39 Å². The van der Waals surface area contributed by atoms with E-state index in [1.165, 1.54) is 6.07 Å². The maximum atomic E-state index is 14.2. The summed E-state index contributed by atoms with van der Waals surface area (Å²) in [5.41, 5.74) is 0.936. The second-order valence-corrected chi connectivity index (χ2v) is 6.25. The normalized spacial score (nSPS) is 14.9. The lowest BCUT2D eigenvalue weighted by Crippen LogP contribution is -2.40. The number of ether oxygens (including phenoxy) is 1. The average Bonchev–Trinajstić information content (AvgIpc) is 2.91. The van der Waals surface area contributed by atoms with E-state index in [-0.39, 0.29) is 0 Å². The molecule has 7 heteroatoms. The zero-order chi connectivity index (χ0) is 16.6. The number of oxime groups is 1. The molecule has 0 saturated carbocycles. The highest BCUT2D eigenvalue weighted by atomic mass is 35.5. The molecule has 2 aromatic rings. The van der Waals surface area contributed by atoms with Gasteiger partial charge in [0.05, 0.1) is 16.3 Å². The third-order valence-corrected chi connectivity index (χ3v) is 4.07.